The van der Waals surface area contributed by atoms with Crippen molar-refractivity contribution in [1.29, 1.82) is 0 Å². The number of alkyl halides is 2. The molecule has 5 atom stereocenters. The number of carbonyl (C=O) groups is 1. The van der Waals surface area contributed by atoms with Gasteiger partial charge in [0.05, 0.1) is 6.61 Å². The van der Waals surface area contributed by atoms with Crippen LogP contribution in [0.5, 0.6) is 0 Å². The van der Waals surface area contributed by atoms with E-state index in [2.05, 4.69) is 0 Å². The molecule has 2 heterocycles. The summed E-state index contributed by atoms with van der Waals surface area (Å²) in [5.41, 5.74) is -2.65. The Bertz CT molecular complexity index is 441. The molecule has 9 heteroatoms. The van der Waals surface area contributed by atoms with Gasteiger partial charge in [0.15, 0.2) is 11.8 Å². The lowest BCUT2D eigenvalue weighted by molar-refractivity contribution is -0.201. The Morgan fingerprint density at radius 2 is 2.00 bits per heavy atom. The monoisotopic (exact) mass is 295 g/mol. The highest BCUT2D eigenvalue weighted by molar-refractivity contribution is 5.87. The van der Waals surface area contributed by atoms with Crippen molar-refractivity contribution in [1.82, 2.24) is 4.90 Å². The van der Waals surface area contributed by atoms with Gasteiger partial charge in [-0.3, -0.25) is 9.69 Å². The Morgan fingerprint density at radius 1 is 1.40 bits per heavy atom. The number of carbonyl (C=O) groups excluding carboxylic acids is 1. The lowest BCUT2D eigenvalue weighted by Crippen LogP contribution is -2.61. The van der Waals surface area contributed by atoms with Gasteiger partial charge < -0.3 is 25.2 Å². The summed E-state index contributed by atoms with van der Waals surface area (Å²) < 4.78 is 32.5. The normalized spacial score (nSPS) is 44.1. The van der Waals surface area contributed by atoms with Crippen LogP contribution in [0.2, 0.25) is 0 Å². The van der Waals surface area contributed by atoms with E-state index in [1.807, 2.05) is 0 Å². The molecule has 0 aliphatic carbocycles. The molecule has 4 N–H and O–H groups in total. The van der Waals surface area contributed by atoms with Gasteiger partial charge in [0, 0.05) is 6.20 Å². The summed E-state index contributed by atoms with van der Waals surface area (Å²) in [6.07, 6.45) is -4.36. The zero-order valence-corrected chi connectivity index (χ0v) is 10.5. The summed E-state index contributed by atoms with van der Waals surface area (Å²) in [5, 5.41) is 37.6. The number of nitrogens with zero attached hydrogens (tertiary/aromatic N) is 1. The fraction of sp³-hybridized carbons (Fsp3) is 0.727. The van der Waals surface area contributed by atoms with E-state index >= 15 is 0 Å². The molecular weight excluding hydrogens is 280 g/mol. The van der Waals surface area contributed by atoms with E-state index in [0.717, 1.165) is 13.1 Å². The molecule has 0 aromatic heterocycles. The lowest BCUT2D eigenvalue weighted by atomic mass is 9.93. The zero-order chi connectivity index (χ0) is 15.3. The molecule has 0 aromatic carbocycles. The van der Waals surface area contributed by atoms with E-state index in [0.29, 0.717) is 11.0 Å². The Labute approximate surface area is 112 Å². The number of aliphatic hydroxyl groups is 4. The van der Waals surface area contributed by atoms with Crippen LogP contribution >= 0.6 is 0 Å². The van der Waals surface area contributed by atoms with Crippen molar-refractivity contribution in [2.24, 2.45) is 0 Å². The maximum absolute atomic E-state index is 13.7. The maximum Gasteiger partial charge on any atom is 0.356 e. The molecule has 0 bridgehead atoms. The predicted octanol–water partition coefficient (Wildman–Crippen LogP) is -1.83. The molecule has 1 unspecified atom stereocenters. The Hall–Kier alpha value is -1.13. The van der Waals surface area contributed by atoms with Crippen LogP contribution in [0.4, 0.5) is 8.78 Å². The quantitative estimate of drug-likeness (QED) is 0.477. The number of rotatable bonds is 2. The molecule has 0 spiro atoms. The van der Waals surface area contributed by atoms with Crippen molar-refractivity contribution in [2.45, 2.75) is 43.0 Å². The van der Waals surface area contributed by atoms with Crippen LogP contribution in [0, 0.1) is 0 Å². The van der Waals surface area contributed by atoms with Crippen LogP contribution in [0.1, 0.15) is 6.92 Å². The summed E-state index contributed by atoms with van der Waals surface area (Å²) in [7, 11) is 0. The molecule has 20 heavy (non-hydrogen) atoms. The van der Waals surface area contributed by atoms with Gasteiger partial charge in [-0.25, -0.2) is 0 Å². The van der Waals surface area contributed by atoms with Crippen molar-refractivity contribution >= 4 is 5.91 Å². The molecule has 7 nitrogen and oxygen atoms in total. The minimum Gasteiger partial charge on any atom is -0.394 e. The van der Waals surface area contributed by atoms with E-state index in [1.54, 1.807) is 0 Å². The van der Waals surface area contributed by atoms with Gasteiger partial charge in [-0.2, -0.15) is 8.78 Å². The van der Waals surface area contributed by atoms with Crippen molar-refractivity contribution in [3.05, 3.63) is 12.3 Å². The Kier molecular flexibility index (Phi) is 3.59. The first-order chi connectivity index (χ1) is 9.13. The molecule has 2 rings (SSSR count). The molecule has 2 aliphatic rings. The number of halogens is 2. The van der Waals surface area contributed by atoms with Gasteiger partial charge in [-0.15, -0.1) is 0 Å². The van der Waals surface area contributed by atoms with Gasteiger partial charge in [-0.1, -0.05) is 0 Å². The molecule has 1 fully saturated rings. The van der Waals surface area contributed by atoms with E-state index in [-0.39, 0.29) is 0 Å². The van der Waals surface area contributed by atoms with E-state index in [9.17, 15) is 28.9 Å². The van der Waals surface area contributed by atoms with Crippen LogP contribution in [-0.2, 0) is 9.53 Å². The topological polar surface area (TPSA) is 110 Å². The number of ether oxygens (including phenoxy) is 1. The van der Waals surface area contributed by atoms with Crippen LogP contribution in [0.3, 0.4) is 0 Å². The zero-order valence-electron chi connectivity index (χ0n) is 10.5. The molecule has 1 saturated heterocycles. The van der Waals surface area contributed by atoms with Gasteiger partial charge in [0.1, 0.15) is 18.3 Å². The van der Waals surface area contributed by atoms with E-state index in [4.69, 9.17) is 9.84 Å². The largest absolute Gasteiger partial charge is 0.394 e. The second-order valence-electron chi connectivity index (χ2n) is 4.98. The number of aliphatic hydroxyl groups excluding tert-OH is 3. The van der Waals surface area contributed by atoms with Crippen molar-refractivity contribution in [2.75, 3.05) is 6.61 Å². The average molecular weight is 295 g/mol. The molecule has 0 saturated carbocycles. The fourth-order valence-corrected chi connectivity index (χ4v) is 2.09. The average Bonchev–Trinajstić information content (AvgIpc) is 2.65. The predicted molar refractivity (Wildman–Crippen MR) is 59.3 cm³/mol. The first kappa shape index (κ1) is 15.3. The summed E-state index contributed by atoms with van der Waals surface area (Å²) in [6.45, 7) is 0.130. The number of amides is 1. The highest BCUT2D eigenvalue weighted by atomic mass is 19.3. The lowest BCUT2D eigenvalue weighted by Gasteiger charge is -2.39. The smallest absolute Gasteiger partial charge is 0.356 e. The van der Waals surface area contributed by atoms with Gasteiger partial charge in [-0.05, 0) is 13.0 Å². The first-order valence-electron chi connectivity index (χ1n) is 5.88. The number of hydrogen-bond donors (Lipinski definition) is 4. The highest BCUT2D eigenvalue weighted by Gasteiger charge is 2.60. The van der Waals surface area contributed by atoms with Crippen molar-refractivity contribution in [3.8, 4) is 0 Å². The molecule has 0 aromatic rings. The molecule has 114 valence electrons. The van der Waals surface area contributed by atoms with Crippen LogP contribution in [-0.4, -0.2) is 73.9 Å². The van der Waals surface area contributed by atoms with Gasteiger partial charge in [0.2, 0.25) is 0 Å². The Morgan fingerprint density at radius 3 is 2.50 bits per heavy atom. The fourth-order valence-electron chi connectivity index (χ4n) is 2.09. The van der Waals surface area contributed by atoms with Crippen molar-refractivity contribution < 1.29 is 38.7 Å². The molecule has 2 aliphatic heterocycles. The second-order valence-corrected chi connectivity index (χ2v) is 4.98. The van der Waals surface area contributed by atoms with Gasteiger partial charge >= 0.3 is 11.8 Å². The van der Waals surface area contributed by atoms with Crippen LogP contribution in [0.25, 0.3) is 0 Å². The number of hydrogen-bond acceptors (Lipinski definition) is 6. The van der Waals surface area contributed by atoms with Gasteiger partial charge in [0.25, 0.3) is 0 Å². The van der Waals surface area contributed by atoms with E-state index in [1.165, 1.54) is 0 Å². The van der Waals surface area contributed by atoms with Crippen molar-refractivity contribution in [3.63, 3.8) is 0 Å². The molecular formula is C11H15F2NO6. The summed E-state index contributed by atoms with van der Waals surface area (Å²) in [5.74, 6) is -5.87. The summed E-state index contributed by atoms with van der Waals surface area (Å²) in [4.78, 5) is 12.1. The summed E-state index contributed by atoms with van der Waals surface area (Å²) >= 11 is 0. The summed E-state index contributed by atoms with van der Waals surface area (Å²) in [6, 6.07) is 0. The minimum absolute atomic E-state index is 0.404. The highest BCUT2D eigenvalue weighted by Crippen LogP contribution is 2.38. The standard InChI is InChI=1S/C11H15F2NO6/c1-10(19)2-3-14(9(18)11(10,12)13)8-7(17)6(16)5(4-15)20-8/h2-3,5-8,15-17,19H,4H2,1H3/t5-,6-,7-,8-,10?/m1/s1. The third-order valence-electron chi connectivity index (χ3n) is 3.49. The van der Waals surface area contributed by atoms with Crippen LogP contribution in [0.15, 0.2) is 12.3 Å². The Balaban J connectivity index is 2.29. The molecule has 0 radical (unpaired) electrons. The van der Waals surface area contributed by atoms with E-state index < -0.39 is 48.6 Å². The SMILES string of the molecule is CC1(O)C=CN([C@@H]2O[C@H](CO)[C@@H](O)[C@H]2O)C(=O)C1(F)F. The first-order valence-corrected chi connectivity index (χ1v) is 5.88. The minimum atomic E-state index is -4.10. The van der Waals surface area contributed by atoms with Crippen LogP contribution < -0.4 is 0 Å². The third-order valence-corrected chi connectivity index (χ3v) is 3.49. The maximum atomic E-state index is 13.7. The molecule has 1 amide bonds. The third kappa shape index (κ3) is 2.02. The second kappa shape index (κ2) is 4.71.